The van der Waals surface area contributed by atoms with E-state index in [-0.39, 0.29) is 16.8 Å². The van der Waals surface area contributed by atoms with Gasteiger partial charge < -0.3 is 5.32 Å². The van der Waals surface area contributed by atoms with E-state index in [2.05, 4.69) is 15.5 Å². The van der Waals surface area contributed by atoms with Gasteiger partial charge in [-0.15, -0.1) is 0 Å². The molecule has 2 atom stereocenters. The van der Waals surface area contributed by atoms with Crippen molar-refractivity contribution in [2.75, 3.05) is 6.54 Å². The Balaban J connectivity index is 1.72. The van der Waals surface area contributed by atoms with Crippen molar-refractivity contribution in [2.24, 2.45) is 0 Å². The van der Waals surface area contributed by atoms with Crippen LogP contribution in [0.1, 0.15) is 37.6 Å². The standard InChI is InChI=1S/C19H26N4O3S/c1-14(12-16-13-15(2)21-22-16)20-19(24)18-10-6-7-11-23(18)27(25,26)17-8-4-3-5-9-17/h3-5,8-9,13-14,18H,6-7,10-12H2,1-2H3,(H,20,24)(H,21,22). The van der Waals surface area contributed by atoms with E-state index >= 15 is 0 Å². The number of sulfonamides is 1. The molecule has 1 amide bonds. The SMILES string of the molecule is Cc1cc(CC(C)NC(=O)C2CCCCN2S(=O)(=O)c2ccccc2)n[nH]1. The third-order valence-electron chi connectivity index (χ3n) is 4.77. The largest absolute Gasteiger partial charge is 0.352 e. The molecule has 2 heterocycles. The summed E-state index contributed by atoms with van der Waals surface area (Å²) in [5, 5.41) is 10.0. The number of rotatable bonds is 6. The molecule has 3 rings (SSSR count). The number of benzene rings is 1. The molecule has 2 N–H and O–H groups in total. The van der Waals surface area contributed by atoms with Crippen molar-refractivity contribution in [3.8, 4) is 0 Å². The summed E-state index contributed by atoms with van der Waals surface area (Å²) in [6, 6.07) is 9.44. The van der Waals surface area contributed by atoms with Crippen LogP contribution in [-0.4, -0.2) is 47.5 Å². The van der Waals surface area contributed by atoms with Gasteiger partial charge in [0.2, 0.25) is 15.9 Å². The molecule has 0 aliphatic carbocycles. The highest BCUT2D eigenvalue weighted by Crippen LogP contribution is 2.25. The second-order valence-corrected chi connectivity index (χ2v) is 8.99. The van der Waals surface area contributed by atoms with Gasteiger partial charge in [0.1, 0.15) is 6.04 Å². The molecule has 146 valence electrons. The maximum absolute atomic E-state index is 13.0. The topological polar surface area (TPSA) is 95.2 Å². The van der Waals surface area contributed by atoms with E-state index in [1.165, 1.54) is 4.31 Å². The normalized spacial score (nSPS) is 19.6. The van der Waals surface area contributed by atoms with E-state index in [4.69, 9.17) is 0 Å². The number of piperidine rings is 1. The molecule has 27 heavy (non-hydrogen) atoms. The molecule has 0 spiro atoms. The Hall–Kier alpha value is -2.19. The quantitative estimate of drug-likeness (QED) is 0.789. The van der Waals surface area contributed by atoms with E-state index in [1.54, 1.807) is 30.3 Å². The summed E-state index contributed by atoms with van der Waals surface area (Å²) < 4.78 is 27.4. The van der Waals surface area contributed by atoms with Gasteiger partial charge in [0.05, 0.1) is 10.6 Å². The lowest BCUT2D eigenvalue weighted by atomic mass is 10.0. The fourth-order valence-electron chi connectivity index (χ4n) is 3.47. The zero-order valence-corrected chi connectivity index (χ0v) is 16.5. The van der Waals surface area contributed by atoms with Crippen molar-refractivity contribution in [3.63, 3.8) is 0 Å². The minimum Gasteiger partial charge on any atom is -0.352 e. The van der Waals surface area contributed by atoms with E-state index in [1.807, 2.05) is 19.9 Å². The van der Waals surface area contributed by atoms with Crippen molar-refractivity contribution in [2.45, 2.75) is 56.5 Å². The van der Waals surface area contributed by atoms with E-state index in [0.717, 1.165) is 24.2 Å². The number of H-pyrrole nitrogens is 1. The molecule has 1 aromatic carbocycles. The number of amides is 1. The van der Waals surface area contributed by atoms with Crippen molar-refractivity contribution < 1.29 is 13.2 Å². The van der Waals surface area contributed by atoms with Crippen LogP contribution in [0.25, 0.3) is 0 Å². The lowest BCUT2D eigenvalue weighted by molar-refractivity contribution is -0.126. The highest BCUT2D eigenvalue weighted by molar-refractivity contribution is 7.89. The summed E-state index contributed by atoms with van der Waals surface area (Å²) in [6.07, 6.45) is 2.73. The molecule has 0 bridgehead atoms. The average molecular weight is 391 g/mol. The Morgan fingerprint density at radius 1 is 1.33 bits per heavy atom. The predicted molar refractivity (Wildman–Crippen MR) is 103 cm³/mol. The molecule has 2 unspecified atom stereocenters. The van der Waals surface area contributed by atoms with Gasteiger partial charge in [-0.1, -0.05) is 24.6 Å². The smallest absolute Gasteiger partial charge is 0.243 e. The Bertz CT molecular complexity index is 879. The van der Waals surface area contributed by atoms with Crippen LogP contribution in [0.2, 0.25) is 0 Å². The first-order valence-electron chi connectivity index (χ1n) is 9.26. The Morgan fingerprint density at radius 3 is 2.74 bits per heavy atom. The third kappa shape index (κ3) is 4.56. The molecular formula is C19H26N4O3S. The maximum atomic E-state index is 13.0. The summed E-state index contributed by atoms with van der Waals surface area (Å²) in [4.78, 5) is 13.1. The number of aromatic amines is 1. The molecule has 1 aromatic heterocycles. The number of hydrogen-bond donors (Lipinski definition) is 2. The minimum atomic E-state index is -3.69. The maximum Gasteiger partial charge on any atom is 0.243 e. The van der Waals surface area contributed by atoms with Crippen LogP contribution in [0.15, 0.2) is 41.3 Å². The summed E-state index contributed by atoms with van der Waals surface area (Å²) in [5.41, 5.74) is 1.84. The molecular weight excluding hydrogens is 364 g/mol. The zero-order chi connectivity index (χ0) is 19.4. The van der Waals surface area contributed by atoms with Gasteiger partial charge >= 0.3 is 0 Å². The Kier molecular flexibility index (Phi) is 5.96. The van der Waals surface area contributed by atoms with Gasteiger partial charge in [0.25, 0.3) is 0 Å². The lowest BCUT2D eigenvalue weighted by Gasteiger charge is -2.34. The summed E-state index contributed by atoms with van der Waals surface area (Å²) in [6.45, 7) is 4.19. The predicted octanol–water partition coefficient (Wildman–Crippen LogP) is 2.01. The molecule has 0 radical (unpaired) electrons. The monoisotopic (exact) mass is 390 g/mol. The third-order valence-corrected chi connectivity index (χ3v) is 6.69. The first-order chi connectivity index (χ1) is 12.9. The molecule has 0 saturated carbocycles. The first kappa shape index (κ1) is 19.6. The van der Waals surface area contributed by atoms with Gasteiger partial charge in [0, 0.05) is 24.7 Å². The molecule has 1 aliphatic heterocycles. The summed E-state index contributed by atoms with van der Waals surface area (Å²) >= 11 is 0. The Labute approximate surface area is 160 Å². The molecule has 1 saturated heterocycles. The summed E-state index contributed by atoms with van der Waals surface area (Å²) in [5.74, 6) is -0.242. The number of nitrogens with zero attached hydrogens (tertiary/aromatic N) is 2. The first-order valence-corrected chi connectivity index (χ1v) is 10.7. The van der Waals surface area contributed by atoms with Crippen molar-refractivity contribution >= 4 is 15.9 Å². The van der Waals surface area contributed by atoms with Crippen molar-refractivity contribution in [3.05, 3.63) is 47.8 Å². The van der Waals surface area contributed by atoms with E-state index in [0.29, 0.717) is 19.4 Å². The number of carbonyl (C=O) groups is 1. The van der Waals surface area contributed by atoms with Crippen LogP contribution >= 0.6 is 0 Å². The summed E-state index contributed by atoms with van der Waals surface area (Å²) in [7, 11) is -3.69. The second kappa shape index (κ2) is 8.22. The average Bonchev–Trinajstić information content (AvgIpc) is 3.07. The highest BCUT2D eigenvalue weighted by atomic mass is 32.2. The number of hydrogen-bond acceptors (Lipinski definition) is 4. The Morgan fingerprint density at radius 2 is 2.07 bits per heavy atom. The lowest BCUT2D eigenvalue weighted by Crippen LogP contribution is -2.53. The number of aromatic nitrogens is 2. The molecule has 1 fully saturated rings. The molecule has 8 heteroatoms. The van der Waals surface area contributed by atoms with Crippen LogP contribution in [0.4, 0.5) is 0 Å². The van der Waals surface area contributed by atoms with Crippen LogP contribution < -0.4 is 5.32 Å². The van der Waals surface area contributed by atoms with Crippen molar-refractivity contribution in [1.82, 2.24) is 19.8 Å². The zero-order valence-electron chi connectivity index (χ0n) is 15.7. The fraction of sp³-hybridized carbons (Fsp3) is 0.474. The van der Waals surface area contributed by atoms with Gasteiger partial charge in [-0.25, -0.2) is 8.42 Å². The fourth-order valence-corrected chi connectivity index (χ4v) is 5.14. The number of aryl methyl sites for hydroxylation is 1. The van der Waals surface area contributed by atoms with Crippen LogP contribution in [0.3, 0.4) is 0 Å². The number of carbonyl (C=O) groups excluding carboxylic acids is 1. The van der Waals surface area contributed by atoms with Gasteiger partial charge in [-0.3, -0.25) is 9.89 Å². The highest BCUT2D eigenvalue weighted by Gasteiger charge is 2.37. The molecule has 2 aromatic rings. The molecule has 7 nitrogen and oxygen atoms in total. The van der Waals surface area contributed by atoms with Gasteiger partial charge in [-0.2, -0.15) is 9.40 Å². The van der Waals surface area contributed by atoms with Crippen LogP contribution in [0, 0.1) is 6.92 Å². The van der Waals surface area contributed by atoms with Crippen molar-refractivity contribution in [1.29, 1.82) is 0 Å². The molecule has 1 aliphatic rings. The van der Waals surface area contributed by atoms with E-state index in [9.17, 15) is 13.2 Å². The second-order valence-electron chi connectivity index (χ2n) is 7.10. The minimum absolute atomic E-state index is 0.136. The van der Waals surface area contributed by atoms with Gasteiger partial charge in [-0.05, 0) is 44.9 Å². The van der Waals surface area contributed by atoms with Crippen LogP contribution in [-0.2, 0) is 21.2 Å². The number of nitrogens with one attached hydrogen (secondary N) is 2. The van der Waals surface area contributed by atoms with Gasteiger partial charge in [0.15, 0.2) is 0 Å². The van der Waals surface area contributed by atoms with E-state index < -0.39 is 16.1 Å². The van der Waals surface area contributed by atoms with Crippen LogP contribution in [0.5, 0.6) is 0 Å².